The summed E-state index contributed by atoms with van der Waals surface area (Å²) in [4.78, 5) is 43.8. The van der Waals surface area contributed by atoms with Gasteiger partial charge in [0, 0.05) is 37.4 Å². The van der Waals surface area contributed by atoms with Crippen LogP contribution in [0.5, 0.6) is 0 Å². The summed E-state index contributed by atoms with van der Waals surface area (Å²) in [6, 6.07) is 11.1. The minimum Gasteiger partial charge on any atom is -0.459 e. The molecule has 4 rings (SSSR count). The molecule has 2 aliphatic rings. The van der Waals surface area contributed by atoms with Crippen LogP contribution in [0.4, 0.5) is 5.69 Å². The number of anilines is 1. The van der Waals surface area contributed by atoms with Crippen LogP contribution in [0.2, 0.25) is 0 Å². The average molecular weight is 426 g/mol. The van der Waals surface area contributed by atoms with Crippen molar-refractivity contribution in [1.29, 1.82) is 0 Å². The van der Waals surface area contributed by atoms with Crippen molar-refractivity contribution in [1.82, 2.24) is 9.80 Å². The van der Waals surface area contributed by atoms with Gasteiger partial charge >= 0.3 is 0 Å². The summed E-state index contributed by atoms with van der Waals surface area (Å²) in [6.45, 7) is 7.82. The smallest absolute Gasteiger partial charge is 0.289 e. The van der Waals surface area contributed by atoms with Crippen molar-refractivity contribution in [3.05, 3.63) is 54.0 Å². The molecule has 1 aromatic heterocycles. The van der Waals surface area contributed by atoms with Crippen molar-refractivity contribution >= 4 is 23.3 Å². The topological polar surface area (TPSA) is 78.5 Å². The van der Waals surface area contributed by atoms with Crippen LogP contribution >= 0.6 is 0 Å². The van der Waals surface area contributed by atoms with Crippen LogP contribution in [-0.2, 0) is 4.79 Å². The van der Waals surface area contributed by atoms with Gasteiger partial charge in [0.1, 0.15) is 0 Å². The van der Waals surface area contributed by atoms with Crippen LogP contribution in [0, 0.1) is 0 Å². The number of benzene rings is 1. The van der Waals surface area contributed by atoms with Crippen molar-refractivity contribution in [3.63, 3.8) is 0 Å². The van der Waals surface area contributed by atoms with Gasteiger partial charge in [-0.2, -0.15) is 0 Å². The van der Waals surface area contributed by atoms with E-state index in [1.165, 1.54) is 11.2 Å². The highest BCUT2D eigenvalue weighted by Gasteiger charge is 2.29. The van der Waals surface area contributed by atoms with Crippen LogP contribution in [0.3, 0.4) is 0 Å². The van der Waals surface area contributed by atoms with Crippen LogP contribution in [0.1, 0.15) is 27.8 Å². The second-order valence-electron chi connectivity index (χ2n) is 8.17. The molecule has 0 spiro atoms. The number of rotatable bonds is 5. The van der Waals surface area contributed by atoms with E-state index in [4.69, 9.17) is 4.42 Å². The largest absolute Gasteiger partial charge is 0.459 e. The summed E-state index contributed by atoms with van der Waals surface area (Å²) in [5.41, 5.74) is 1.84. The maximum absolute atomic E-state index is 12.8. The van der Waals surface area contributed by atoms with Crippen LogP contribution in [0.25, 0.3) is 0 Å². The molecule has 3 heterocycles. The number of carbonyl (C=O) groups excluding carboxylic acids is 3. The Morgan fingerprint density at radius 3 is 2.13 bits per heavy atom. The van der Waals surface area contributed by atoms with Crippen LogP contribution in [0.15, 0.2) is 47.1 Å². The number of carbonyl (C=O) groups is 3. The molecule has 164 valence electrons. The fourth-order valence-electron chi connectivity index (χ4n) is 4.21. The third-order valence-electron chi connectivity index (χ3n) is 6.16. The molecular weight excluding hydrogens is 396 g/mol. The molecule has 31 heavy (non-hydrogen) atoms. The quantitative estimate of drug-likeness (QED) is 0.691. The van der Waals surface area contributed by atoms with E-state index in [0.717, 1.165) is 37.4 Å². The lowest BCUT2D eigenvalue weighted by Crippen LogP contribution is -3.16. The third-order valence-corrected chi connectivity index (χ3v) is 6.16. The van der Waals surface area contributed by atoms with Crippen LogP contribution in [-0.4, -0.2) is 86.3 Å². The molecule has 2 saturated heterocycles. The van der Waals surface area contributed by atoms with Gasteiger partial charge in [0.05, 0.1) is 32.4 Å². The van der Waals surface area contributed by atoms with Crippen molar-refractivity contribution < 1.29 is 23.7 Å². The number of hydrogen-bond donors (Lipinski definition) is 1. The number of piperazine rings is 2. The first kappa shape index (κ1) is 21.1. The zero-order chi connectivity index (χ0) is 21.8. The van der Waals surface area contributed by atoms with Crippen molar-refractivity contribution in [3.8, 4) is 0 Å². The number of nitrogens with one attached hydrogen (secondary N) is 1. The maximum Gasteiger partial charge on any atom is 0.289 e. The minimum atomic E-state index is -0.116. The summed E-state index contributed by atoms with van der Waals surface area (Å²) in [7, 11) is 0. The summed E-state index contributed by atoms with van der Waals surface area (Å²) in [5, 5.41) is 0. The average Bonchev–Trinajstić information content (AvgIpc) is 3.34. The molecule has 0 aliphatic carbocycles. The fraction of sp³-hybridized carbons (Fsp3) is 0.435. The highest BCUT2D eigenvalue weighted by atomic mass is 16.3. The Hall–Kier alpha value is -3.13. The summed E-state index contributed by atoms with van der Waals surface area (Å²) >= 11 is 0. The predicted molar refractivity (Wildman–Crippen MR) is 115 cm³/mol. The molecule has 0 radical (unpaired) electrons. The zero-order valence-corrected chi connectivity index (χ0v) is 17.9. The maximum atomic E-state index is 12.8. The molecular formula is C23H29N4O4+. The van der Waals surface area contributed by atoms with E-state index in [1.807, 2.05) is 29.2 Å². The lowest BCUT2D eigenvalue weighted by molar-refractivity contribution is -0.892. The fourth-order valence-corrected chi connectivity index (χ4v) is 4.21. The molecule has 1 aromatic carbocycles. The standard InChI is InChI=1S/C23H28N4O4/c1-18(28)19-4-6-20(7-5-19)25-10-8-24(9-11-25)17-22(29)26-12-14-27(15-13-26)23(30)21-3-2-16-31-21/h2-7,16H,8-15,17H2,1H3/p+1. The van der Waals surface area contributed by atoms with E-state index < -0.39 is 0 Å². The number of ketones is 1. The normalized spacial score (nSPS) is 17.6. The van der Waals surface area contributed by atoms with Gasteiger partial charge in [0.25, 0.3) is 11.8 Å². The molecule has 0 unspecified atom stereocenters. The van der Waals surface area contributed by atoms with Gasteiger partial charge < -0.3 is 24.0 Å². The van der Waals surface area contributed by atoms with Gasteiger partial charge in [0.2, 0.25) is 0 Å². The first-order valence-corrected chi connectivity index (χ1v) is 10.8. The van der Waals surface area contributed by atoms with E-state index in [2.05, 4.69) is 4.90 Å². The number of quaternary nitrogens is 1. The molecule has 2 fully saturated rings. The Labute approximate surface area is 182 Å². The van der Waals surface area contributed by atoms with E-state index in [0.29, 0.717) is 38.5 Å². The van der Waals surface area contributed by atoms with Gasteiger partial charge in [-0.3, -0.25) is 14.4 Å². The Kier molecular flexibility index (Phi) is 6.36. The molecule has 2 aliphatic heterocycles. The highest BCUT2D eigenvalue weighted by molar-refractivity contribution is 5.94. The molecule has 8 nitrogen and oxygen atoms in total. The van der Waals surface area contributed by atoms with Gasteiger partial charge in [0.15, 0.2) is 18.1 Å². The molecule has 1 N–H and O–H groups in total. The van der Waals surface area contributed by atoms with E-state index in [1.54, 1.807) is 24.0 Å². The molecule has 0 saturated carbocycles. The Morgan fingerprint density at radius 2 is 1.55 bits per heavy atom. The SMILES string of the molecule is CC(=O)c1ccc(N2CC[NH+](CC(=O)N3CCN(C(=O)c4ccco4)CC3)CC2)cc1. The molecule has 0 bridgehead atoms. The van der Waals surface area contributed by atoms with Crippen LogP contribution < -0.4 is 9.80 Å². The first-order chi connectivity index (χ1) is 15.0. The number of furan rings is 1. The summed E-state index contributed by atoms with van der Waals surface area (Å²) in [5.74, 6) is 0.457. The number of Topliss-reactive ketones (excluding diaryl/α,β-unsaturated/α-hetero) is 1. The lowest BCUT2D eigenvalue weighted by Gasteiger charge is -2.36. The predicted octanol–water partition coefficient (Wildman–Crippen LogP) is 0.172. The van der Waals surface area contributed by atoms with Gasteiger partial charge in [-0.15, -0.1) is 0 Å². The molecule has 8 heteroatoms. The third kappa shape index (κ3) is 4.96. The van der Waals surface area contributed by atoms with Gasteiger partial charge in [-0.05, 0) is 43.3 Å². The minimum absolute atomic E-state index is 0.0745. The van der Waals surface area contributed by atoms with Gasteiger partial charge in [-0.1, -0.05) is 0 Å². The van der Waals surface area contributed by atoms with Crippen molar-refractivity contribution in [2.75, 3.05) is 63.8 Å². The second kappa shape index (κ2) is 9.34. The monoisotopic (exact) mass is 425 g/mol. The van der Waals surface area contributed by atoms with E-state index >= 15 is 0 Å². The van der Waals surface area contributed by atoms with Crippen molar-refractivity contribution in [2.45, 2.75) is 6.92 Å². The number of nitrogens with zero attached hydrogens (tertiary/aromatic N) is 3. The van der Waals surface area contributed by atoms with Gasteiger partial charge in [-0.25, -0.2) is 0 Å². The Balaban J connectivity index is 1.21. The molecule has 0 atom stereocenters. The van der Waals surface area contributed by atoms with Crippen molar-refractivity contribution in [2.24, 2.45) is 0 Å². The number of amides is 2. The van der Waals surface area contributed by atoms with E-state index in [-0.39, 0.29) is 17.6 Å². The second-order valence-corrected chi connectivity index (χ2v) is 8.17. The Bertz CT molecular complexity index is 910. The summed E-state index contributed by atoms with van der Waals surface area (Å²) in [6.07, 6.45) is 1.50. The lowest BCUT2D eigenvalue weighted by atomic mass is 10.1. The zero-order valence-electron chi connectivity index (χ0n) is 17.9. The summed E-state index contributed by atoms with van der Waals surface area (Å²) < 4.78 is 5.19. The van der Waals surface area contributed by atoms with E-state index in [9.17, 15) is 14.4 Å². The highest BCUT2D eigenvalue weighted by Crippen LogP contribution is 2.15. The molecule has 2 aromatic rings. The molecule has 2 amide bonds. The number of hydrogen-bond acceptors (Lipinski definition) is 5. The Morgan fingerprint density at radius 1 is 0.903 bits per heavy atom. The first-order valence-electron chi connectivity index (χ1n) is 10.8.